The van der Waals surface area contributed by atoms with Gasteiger partial charge in [-0.25, -0.2) is 4.39 Å². The Bertz CT molecular complexity index is 448. The largest absolute Gasteiger partial charge is 0.489 e. The van der Waals surface area contributed by atoms with Crippen LogP contribution in [0.5, 0.6) is 5.75 Å². The summed E-state index contributed by atoms with van der Waals surface area (Å²) < 4.78 is 37.3. The van der Waals surface area contributed by atoms with Gasteiger partial charge in [0, 0.05) is 19.6 Å². The Kier molecular flexibility index (Phi) is 4.81. The summed E-state index contributed by atoms with van der Waals surface area (Å²) in [7, 11) is 0. The zero-order valence-corrected chi connectivity index (χ0v) is 10.4. The van der Waals surface area contributed by atoms with E-state index in [0.29, 0.717) is 19.8 Å². The van der Waals surface area contributed by atoms with Crippen molar-refractivity contribution in [2.24, 2.45) is 0 Å². The number of morpholine rings is 1. The summed E-state index contributed by atoms with van der Waals surface area (Å²) >= 11 is 0. The minimum Gasteiger partial charge on any atom is -0.489 e. The van der Waals surface area contributed by atoms with Gasteiger partial charge >= 0.3 is 0 Å². The first kappa shape index (κ1) is 13.9. The van der Waals surface area contributed by atoms with Crippen molar-refractivity contribution in [2.45, 2.75) is 0 Å². The number of hydrogen-bond donors (Lipinski definition) is 0. The van der Waals surface area contributed by atoms with Crippen molar-refractivity contribution in [3.05, 3.63) is 29.3 Å². The number of carbonyl (C=O) groups excluding carboxylic acids is 1. The highest BCUT2D eigenvalue weighted by Gasteiger charge is 2.15. The van der Waals surface area contributed by atoms with E-state index in [-0.39, 0.29) is 24.2 Å². The first-order chi connectivity index (χ1) is 9.22. The highest BCUT2D eigenvalue weighted by molar-refractivity contribution is 5.75. The van der Waals surface area contributed by atoms with Gasteiger partial charge in [-0.05, 0) is 12.1 Å². The zero-order valence-electron chi connectivity index (χ0n) is 10.4. The lowest BCUT2D eigenvalue weighted by atomic mass is 10.2. The number of aldehydes is 1. The number of nitrogens with zero attached hydrogens (tertiary/aromatic N) is 1. The number of ether oxygens (including phenoxy) is 2. The molecule has 4 nitrogen and oxygen atoms in total. The lowest BCUT2D eigenvalue weighted by molar-refractivity contribution is 0.0320. The van der Waals surface area contributed by atoms with Crippen LogP contribution in [0.1, 0.15) is 10.4 Å². The molecule has 0 aliphatic carbocycles. The monoisotopic (exact) mass is 271 g/mol. The predicted molar refractivity (Wildman–Crippen MR) is 64.5 cm³/mol. The normalized spacial score (nSPS) is 16.3. The van der Waals surface area contributed by atoms with Crippen molar-refractivity contribution in [3.8, 4) is 5.75 Å². The van der Waals surface area contributed by atoms with Crippen LogP contribution in [0.2, 0.25) is 0 Å². The van der Waals surface area contributed by atoms with Crippen molar-refractivity contribution in [1.82, 2.24) is 4.90 Å². The van der Waals surface area contributed by atoms with Gasteiger partial charge in [0.1, 0.15) is 6.61 Å². The van der Waals surface area contributed by atoms with E-state index < -0.39 is 11.6 Å². The third-order valence-corrected chi connectivity index (χ3v) is 2.97. The van der Waals surface area contributed by atoms with Crippen LogP contribution >= 0.6 is 0 Å². The predicted octanol–water partition coefficient (Wildman–Crippen LogP) is 1.49. The molecule has 104 valence electrons. The van der Waals surface area contributed by atoms with Crippen LogP contribution in [0.15, 0.2) is 12.1 Å². The molecule has 1 aliphatic heterocycles. The molecular formula is C13H15F2NO3. The van der Waals surface area contributed by atoms with E-state index in [1.807, 2.05) is 0 Å². The Morgan fingerprint density at radius 2 is 2.00 bits per heavy atom. The van der Waals surface area contributed by atoms with Gasteiger partial charge in [-0.15, -0.1) is 0 Å². The number of halogens is 2. The van der Waals surface area contributed by atoms with Crippen molar-refractivity contribution >= 4 is 6.29 Å². The molecule has 0 aromatic heterocycles. The molecule has 6 heteroatoms. The van der Waals surface area contributed by atoms with Crippen LogP contribution in [0.4, 0.5) is 8.78 Å². The lowest BCUT2D eigenvalue weighted by Crippen LogP contribution is -2.38. The van der Waals surface area contributed by atoms with Gasteiger partial charge < -0.3 is 9.47 Å². The molecule has 1 aromatic rings. The van der Waals surface area contributed by atoms with Gasteiger partial charge in [0.15, 0.2) is 17.9 Å². The molecule has 0 unspecified atom stereocenters. The maximum absolute atomic E-state index is 13.5. The van der Waals surface area contributed by atoms with Gasteiger partial charge in [0.05, 0.1) is 18.8 Å². The fourth-order valence-electron chi connectivity index (χ4n) is 1.86. The van der Waals surface area contributed by atoms with Crippen molar-refractivity contribution in [2.75, 3.05) is 39.5 Å². The molecule has 0 atom stereocenters. The average Bonchev–Trinajstić information content (AvgIpc) is 2.45. The highest BCUT2D eigenvalue weighted by atomic mass is 19.2. The molecule has 0 spiro atoms. The van der Waals surface area contributed by atoms with E-state index in [9.17, 15) is 13.6 Å². The second-order valence-corrected chi connectivity index (χ2v) is 4.20. The summed E-state index contributed by atoms with van der Waals surface area (Å²) in [6, 6.07) is 2.47. The van der Waals surface area contributed by atoms with E-state index in [1.54, 1.807) is 0 Å². The van der Waals surface area contributed by atoms with E-state index in [2.05, 4.69) is 4.90 Å². The van der Waals surface area contributed by atoms with Crippen LogP contribution in [-0.2, 0) is 4.74 Å². The Morgan fingerprint density at radius 1 is 1.26 bits per heavy atom. The Morgan fingerprint density at radius 3 is 2.68 bits per heavy atom. The molecule has 1 aromatic carbocycles. The van der Waals surface area contributed by atoms with E-state index >= 15 is 0 Å². The third-order valence-electron chi connectivity index (χ3n) is 2.97. The molecule has 0 radical (unpaired) electrons. The second-order valence-electron chi connectivity index (χ2n) is 4.20. The maximum Gasteiger partial charge on any atom is 0.201 e. The van der Waals surface area contributed by atoms with E-state index in [4.69, 9.17) is 9.47 Å². The zero-order chi connectivity index (χ0) is 13.7. The summed E-state index contributed by atoms with van der Waals surface area (Å²) in [5.74, 6) is -2.46. The first-order valence-electron chi connectivity index (χ1n) is 6.08. The quantitative estimate of drug-likeness (QED) is 0.761. The first-order valence-corrected chi connectivity index (χ1v) is 6.08. The molecular weight excluding hydrogens is 256 g/mol. The fourth-order valence-corrected chi connectivity index (χ4v) is 1.86. The van der Waals surface area contributed by atoms with Crippen LogP contribution in [0, 0.1) is 11.6 Å². The molecule has 1 heterocycles. The number of rotatable bonds is 5. The van der Waals surface area contributed by atoms with Crippen LogP contribution in [0.25, 0.3) is 0 Å². The SMILES string of the molecule is O=Cc1ccc(OCCN2CCOCC2)c(F)c1F. The van der Waals surface area contributed by atoms with Gasteiger partial charge in [-0.1, -0.05) is 0 Å². The second kappa shape index (κ2) is 6.58. The maximum atomic E-state index is 13.5. The van der Waals surface area contributed by atoms with Crippen molar-refractivity contribution in [3.63, 3.8) is 0 Å². The molecule has 0 saturated carbocycles. The molecule has 19 heavy (non-hydrogen) atoms. The van der Waals surface area contributed by atoms with Gasteiger partial charge in [-0.2, -0.15) is 4.39 Å². The van der Waals surface area contributed by atoms with E-state index in [1.165, 1.54) is 12.1 Å². The minimum atomic E-state index is -1.17. The highest BCUT2D eigenvalue weighted by Crippen LogP contribution is 2.21. The van der Waals surface area contributed by atoms with Crippen molar-refractivity contribution < 1.29 is 23.0 Å². The number of hydrogen-bond acceptors (Lipinski definition) is 4. The van der Waals surface area contributed by atoms with Gasteiger partial charge in [0.25, 0.3) is 0 Å². The Labute approximate surface area is 109 Å². The third kappa shape index (κ3) is 3.48. The fraction of sp³-hybridized carbons (Fsp3) is 0.462. The smallest absolute Gasteiger partial charge is 0.201 e. The molecule has 1 aliphatic rings. The lowest BCUT2D eigenvalue weighted by Gasteiger charge is -2.26. The summed E-state index contributed by atoms with van der Waals surface area (Å²) in [4.78, 5) is 12.6. The molecule has 2 rings (SSSR count). The topological polar surface area (TPSA) is 38.8 Å². The Hall–Kier alpha value is -1.53. The number of benzene rings is 1. The van der Waals surface area contributed by atoms with Gasteiger partial charge in [-0.3, -0.25) is 9.69 Å². The van der Waals surface area contributed by atoms with Crippen LogP contribution < -0.4 is 4.74 Å². The van der Waals surface area contributed by atoms with E-state index in [0.717, 1.165) is 13.1 Å². The molecule has 0 amide bonds. The average molecular weight is 271 g/mol. The molecule has 1 fully saturated rings. The molecule has 1 saturated heterocycles. The summed E-state index contributed by atoms with van der Waals surface area (Å²) in [5.41, 5.74) is -0.307. The number of carbonyl (C=O) groups is 1. The molecule has 0 bridgehead atoms. The minimum absolute atomic E-state index is 0.170. The van der Waals surface area contributed by atoms with Crippen LogP contribution in [-0.4, -0.2) is 50.6 Å². The summed E-state index contributed by atoms with van der Waals surface area (Å²) in [5, 5.41) is 0. The standard InChI is InChI=1S/C13H15F2NO3/c14-12-10(9-17)1-2-11(13(12)15)19-8-5-16-3-6-18-7-4-16/h1-2,9H,3-8H2. The summed E-state index contributed by atoms with van der Waals surface area (Å²) in [6.07, 6.45) is 0.274. The van der Waals surface area contributed by atoms with Gasteiger partial charge in [0.2, 0.25) is 5.82 Å². The summed E-state index contributed by atoms with van der Waals surface area (Å²) in [6.45, 7) is 3.86. The Balaban J connectivity index is 1.88. The molecule has 0 N–H and O–H groups in total. The van der Waals surface area contributed by atoms with Crippen molar-refractivity contribution in [1.29, 1.82) is 0 Å². The van der Waals surface area contributed by atoms with Crippen LogP contribution in [0.3, 0.4) is 0 Å².